The number of phenols is 2. The van der Waals surface area contributed by atoms with Crippen LogP contribution in [0.15, 0.2) is 93.9 Å². The first-order valence-corrected chi connectivity index (χ1v) is 11.5. The summed E-state index contributed by atoms with van der Waals surface area (Å²) in [6, 6.07) is 25.3. The number of hydrogen-bond donors (Lipinski definition) is 2. The molecule has 0 aliphatic carbocycles. The zero-order valence-corrected chi connectivity index (χ0v) is 20.3. The molecular formula is C26H20Br2O4. The summed E-state index contributed by atoms with van der Waals surface area (Å²) in [4.78, 5) is 0. The molecule has 4 rings (SSSR count). The Hall–Kier alpha value is -2.96. The molecule has 0 fully saturated rings. The summed E-state index contributed by atoms with van der Waals surface area (Å²) in [5.41, 5.74) is 2.27. The minimum atomic E-state index is 0.146. The van der Waals surface area contributed by atoms with Crippen molar-refractivity contribution < 1.29 is 19.7 Å². The topological polar surface area (TPSA) is 58.9 Å². The van der Waals surface area contributed by atoms with E-state index < -0.39 is 0 Å². The van der Waals surface area contributed by atoms with E-state index in [4.69, 9.17) is 9.47 Å². The van der Waals surface area contributed by atoms with Crippen LogP contribution in [0.5, 0.6) is 34.5 Å². The number of phenolic OH excluding ortho intramolecular Hbond substituents is 2. The summed E-state index contributed by atoms with van der Waals surface area (Å²) in [7, 11) is 0. The van der Waals surface area contributed by atoms with E-state index in [0.29, 0.717) is 23.0 Å². The average Bonchev–Trinajstić information content (AvgIpc) is 2.79. The largest absolute Gasteiger partial charge is 0.508 e. The summed E-state index contributed by atoms with van der Waals surface area (Å²) >= 11 is 7.21. The van der Waals surface area contributed by atoms with Gasteiger partial charge in [0.2, 0.25) is 0 Å². The van der Waals surface area contributed by atoms with Crippen LogP contribution in [-0.4, -0.2) is 10.2 Å². The molecule has 0 radical (unpaired) electrons. The van der Waals surface area contributed by atoms with Crippen LogP contribution in [0.2, 0.25) is 0 Å². The van der Waals surface area contributed by atoms with Crippen LogP contribution >= 0.6 is 31.9 Å². The molecule has 4 aromatic rings. The Morgan fingerprint density at radius 3 is 1.31 bits per heavy atom. The van der Waals surface area contributed by atoms with Gasteiger partial charge in [-0.3, -0.25) is 0 Å². The Balaban J connectivity index is 1.50. The van der Waals surface area contributed by atoms with Crippen molar-refractivity contribution in [1.82, 2.24) is 0 Å². The van der Waals surface area contributed by atoms with Gasteiger partial charge in [-0.25, -0.2) is 0 Å². The van der Waals surface area contributed by atoms with Crippen molar-refractivity contribution in [3.63, 3.8) is 0 Å². The van der Waals surface area contributed by atoms with E-state index in [1.165, 1.54) is 0 Å². The van der Waals surface area contributed by atoms with E-state index in [1.807, 2.05) is 24.3 Å². The smallest absolute Gasteiger partial charge is 0.141 e. The van der Waals surface area contributed by atoms with Crippen molar-refractivity contribution in [2.45, 2.75) is 12.8 Å². The molecule has 0 aliphatic rings. The van der Waals surface area contributed by atoms with Crippen LogP contribution in [0.1, 0.15) is 24.0 Å². The minimum Gasteiger partial charge on any atom is -0.508 e. The van der Waals surface area contributed by atoms with Gasteiger partial charge >= 0.3 is 0 Å². The Morgan fingerprint density at radius 2 is 0.969 bits per heavy atom. The molecule has 0 atom stereocenters. The standard InChI is InChI=1S/C26H20Br2O4/c1-16(17-2-12-25(23(27)14-17)31-21-8-4-19(29)5-9-21)18-3-13-26(24(28)15-18)32-22-10-6-20(30)7-11-22/h2-16,29-30H,1H3. The quantitative estimate of drug-likeness (QED) is 0.251. The van der Waals surface area contributed by atoms with E-state index in [2.05, 4.69) is 50.9 Å². The summed E-state index contributed by atoms with van der Waals surface area (Å²) in [5, 5.41) is 18.8. The lowest BCUT2D eigenvalue weighted by atomic mass is 9.93. The highest BCUT2D eigenvalue weighted by molar-refractivity contribution is 9.10. The minimum absolute atomic E-state index is 0.146. The summed E-state index contributed by atoms with van der Waals surface area (Å²) in [6.07, 6.45) is 0. The fourth-order valence-electron chi connectivity index (χ4n) is 3.21. The molecule has 0 unspecified atom stereocenters. The summed E-state index contributed by atoms with van der Waals surface area (Å²) in [6.45, 7) is 2.14. The zero-order valence-electron chi connectivity index (χ0n) is 17.1. The molecule has 0 spiro atoms. The molecule has 6 heteroatoms. The van der Waals surface area contributed by atoms with Crippen LogP contribution in [0.25, 0.3) is 0 Å². The van der Waals surface area contributed by atoms with Gasteiger partial charge in [-0.05, 0) is 116 Å². The molecule has 0 saturated heterocycles. The third-order valence-electron chi connectivity index (χ3n) is 5.04. The van der Waals surface area contributed by atoms with E-state index >= 15 is 0 Å². The lowest BCUT2D eigenvalue weighted by Gasteiger charge is -2.16. The van der Waals surface area contributed by atoms with E-state index in [9.17, 15) is 10.2 Å². The van der Waals surface area contributed by atoms with Crippen LogP contribution < -0.4 is 9.47 Å². The molecule has 0 saturated carbocycles. The third-order valence-corrected chi connectivity index (χ3v) is 6.28. The number of benzene rings is 4. The zero-order chi connectivity index (χ0) is 22.7. The highest BCUT2D eigenvalue weighted by atomic mass is 79.9. The summed E-state index contributed by atoms with van der Waals surface area (Å²) in [5.74, 6) is 3.25. The molecule has 32 heavy (non-hydrogen) atoms. The highest BCUT2D eigenvalue weighted by Crippen LogP contribution is 2.37. The second-order valence-corrected chi connectivity index (χ2v) is 9.00. The molecule has 0 heterocycles. The first kappa shape index (κ1) is 22.2. The predicted octanol–water partition coefficient (Wildman–Crippen LogP) is 8.36. The molecule has 162 valence electrons. The van der Waals surface area contributed by atoms with Crippen molar-refractivity contribution >= 4 is 31.9 Å². The van der Waals surface area contributed by atoms with Crippen molar-refractivity contribution in [2.75, 3.05) is 0 Å². The molecule has 2 N–H and O–H groups in total. The van der Waals surface area contributed by atoms with Crippen LogP contribution in [0.3, 0.4) is 0 Å². The maximum Gasteiger partial charge on any atom is 0.141 e. The van der Waals surface area contributed by atoms with Crippen LogP contribution in [0.4, 0.5) is 0 Å². The van der Waals surface area contributed by atoms with Gasteiger partial charge in [0.15, 0.2) is 0 Å². The van der Waals surface area contributed by atoms with Gasteiger partial charge in [0.05, 0.1) is 8.95 Å². The van der Waals surface area contributed by atoms with Gasteiger partial charge in [0.25, 0.3) is 0 Å². The molecule has 0 aliphatic heterocycles. The van der Waals surface area contributed by atoms with Crippen molar-refractivity contribution in [3.05, 3.63) is 105 Å². The Morgan fingerprint density at radius 1 is 0.594 bits per heavy atom. The van der Waals surface area contributed by atoms with Crippen molar-refractivity contribution in [3.8, 4) is 34.5 Å². The maximum atomic E-state index is 9.42. The van der Waals surface area contributed by atoms with E-state index in [0.717, 1.165) is 20.1 Å². The van der Waals surface area contributed by atoms with E-state index in [-0.39, 0.29) is 17.4 Å². The van der Waals surface area contributed by atoms with Crippen molar-refractivity contribution in [1.29, 1.82) is 0 Å². The lowest BCUT2D eigenvalue weighted by molar-refractivity contribution is 0.463. The van der Waals surface area contributed by atoms with Gasteiger partial charge in [-0.2, -0.15) is 0 Å². The molecule has 4 nitrogen and oxygen atoms in total. The SMILES string of the molecule is CC(c1ccc(Oc2ccc(O)cc2)c(Br)c1)c1ccc(Oc2ccc(O)cc2)c(Br)c1. The summed E-state index contributed by atoms with van der Waals surface area (Å²) < 4.78 is 13.5. The maximum absolute atomic E-state index is 9.42. The highest BCUT2D eigenvalue weighted by Gasteiger charge is 2.14. The van der Waals surface area contributed by atoms with Gasteiger partial charge in [-0.15, -0.1) is 0 Å². The van der Waals surface area contributed by atoms with Gasteiger partial charge < -0.3 is 19.7 Å². The predicted molar refractivity (Wildman–Crippen MR) is 132 cm³/mol. The number of rotatable bonds is 6. The number of hydrogen-bond acceptors (Lipinski definition) is 4. The average molecular weight is 556 g/mol. The first-order valence-electron chi connectivity index (χ1n) is 9.92. The molecule has 0 aromatic heterocycles. The van der Waals surface area contributed by atoms with Crippen LogP contribution in [-0.2, 0) is 0 Å². The molecule has 0 amide bonds. The third kappa shape index (κ3) is 5.26. The second-order valence-electron chi connectivity index (χ2n) is 7.29. The fourth-order valence-corrected chi connectivity index (χ4v) is 4.17. The fraction of sp³-hybridized carbons (Fsp3) is 0.0769. The normalized spacial score (nSPS) is 10.9. The first-order chi connectivity index (χ1) is 15.4. The Labute approximate surface area is 203 Å². The number of aromatic hydroxyl groups is 2. The molecular weight excluding hydrogens is 536 g/mol. The van der Waals surface area contributed by atoms with Crippen molar-refractivity contribution in [2.24, 2.45) is 0 Å². The lowest BCUT2D eigenvalue weighted by Crippen LogP contribution is -1.98. The monoisotopic (exact) mass is 554 g/mol. The van der Waals surface area contributed by atoms with E-state index in [1.54, 1.807) is 48.5 Å². The molecule has 4 aromatic carbocycles. The number of ether oxygens (including phenoxy) is 2. The second kappa shape index (κ2) is 9.67. The number of halogens is 2. The Bertz CT molecular complexity index is 1120. The van der Waals surface area contributed by atoms with Crippen LogP contribution in [0, 0.1) is 0 Å². The Kier molecular flexibility index (Phi) is 6.72. The van der Waals surface area contributed by atoms with Gasteiger partial charge in [0, 0.05) is 5.92 Å². The molecule has 0 bridgehead atoms. The van der Waals surface area contributed by atoms with Gasteiger partial charge in [0.1, 0.15) is 34.5 Å². The van der Waals surface area contributed by atoms with Gasteiger partial charge in [-0.1, -0.05) is 19.1 Å².